The lowest BCUT2D eigenvalue weighted by Gasteiger charge is -2.08. The molecule has 2 rings (SSSR count). The maximum Gasteiger partial charge on any atom is 0.316 e. The number of esters is 1. The second kappa shape index (κ2) is 9.20. The van der Waals surface area contributed by atoms with Crippen molar-refractivity contribution in [3.8, 4) is 0 Å². The fourth-order valence-electron chi connectivity index (χ4n) is 2.21. The normalized spacial score (nSPS) is 10.3. The van der Waals surface area contributed by atoms with Crippen molar-refractivity contribution in [1.82, 2.24) is 0 Å². The van der Waals surface area contributed by atoms with Gasteiger partial charge in [-0.25, -0.2) is 0 Å². The van der Waals surface area contributed by atoms with E-state index in [-0.39, 0.29) is 24.1 Å². The predicted molar refractivity (Wildman–Crippen MR) is 103 cm³/mol. The predicted octanol–water partition coefficient (Wildman–Crippen LogP) is 3.78. The molecule has 0 spiro atoms. The number of anilines is 1. The first-order chi connectivity index (χ1) is 12.3. The third-order valence-corrected chi connectivity index (χ3v) is 4.71. The molecule has 5 nitrogen and oxygen atoms in total. The molecule has 26 heavy (non-hydrogen) atoms. The van der Waals surface area contributed by atoms with Crippen molar-refractivity contribution in [3.63, 3.8) is 0 Å². The summed E-state index contributed by atoms with van der Waals surface area (Å²) in [5, 5.41) is 2.62. The van der Waals surface area contributed by atoms with Crippen LogP contribution in [0.15, 0.2) is 47.4 Å². The summed E-state index contributed by atoms with van der Waals surface area (Å²) in [5.74, 6) is -0.748. The Labute approximate surface area is 157 Å². The summed E-state index contributed by atoms with van der Waals surface area (Å²) in [4.78, 5) is 36.0. The van der Waals surface area contributed by atoms with Crippen LogP contribution < -0.4 is 5.32 Å². The first-order valence-electron chi connectivity index (χ1n) is 8.11. The van der Waals surface area contributed by atoms with Gasteiger partial charge in [-0.05, 0) is 49.7 Å². The molecule has 0 saturated carbocycles. The first-order valence-corrected chi connectivity index (χ1v) is 9.10. The number of aryl methyl sites for hydroxylation is 2. The largest absolute Gasteiger partial charge is 0.457 e. The highest BCUT2D eigenvalue weighted by molar-refractivity contribution is 8.00. The summed E-state index contributed by atoms with van der Waals surface area (Å²) in [5.41, 5.74) is 3.26. The lowest BCUT2D eigenvalue weighted by atomic mass is 10.1. The topological polar surface area (TPSA) is 72.5 Å². The van der Waals surface area contributed by atoms with E-state index in [2.05, 4.69) is 5.32 Å². The maximum absolute atomic E-state index is 12.1. The molecule has 136 valence electrons. The van der Waals surface area contributed by atoms with E-state index < -0.39 is 5.97 Å². The van der Waals surface area contributed by atoms with Crippen molar-refractivity contribution in [2.24, 2.45) is 0 Å². The van der Waals surface area contributed by atoms with Gasteiger partial charge in [-0.15, -0.1) is 11.8 Å². The molecule has 2 aromatic rings. The molecular weight excluding hydrogens is 350 g/mol. The fraction of sp³-hybridized carbons (Fsp3) is 0.250. The van der Waals surface area contributed by atoms with Gasteiger partial charge in [-0.1, -0.05) is 17.7 Å². The van der Waals surface area contributed by atoms with Gasteiger partial charge in [0.15, 0.2) is 12.4 Å². The molecule has 1 amide bonds. The number of ketones is 1. The van der Waals surface area contributed by atoms with Gasteiger partial charge < -0.3 is 10.1 Å². The molecule has 0 aromatic heterocycles. The van der Waals surface area contributed by atoms with Crippen LogP contribution in [-0.4, -0.2) is 30.0 Å². The summed E-state index contributed by atoms with van der Waals surface area (Å²) in [7, 11) is 0. The Morgan fingerprint density at radius 2 is 1.73 bits per heavy atom. The van der Waals surface area contributed by atoms with Crippen LogP contribution in [0.25, 0.3) is 0 Å². The van der Waals surface area contributed by atoms with Crippen molar-refractivity contribution in [2.75, 3.05) is 17.7 Å². The zero-order chi connectivity index (χ0) is 19.1. The Morgan fingerprint density at radius 1 is 1.04 bits per heavy atom. The zero-order valence-electron chi connectivity index (χ0n) is 15.0. The molecule has 0 fully saturated rings. The molecule has 0 bridgehead atoms. The van der Waals surface area contributed by atoms with Crippen molar-refractivity contribution >= 4 is 35.1 Å². The average Bonchev–Trinajstić information content (AvgIpc) is 2.60. The lowest BCUT2D eigenvalue weighted by Crippen LogP contribution is -2.15. The van der Waals surface area contributed by atoms with Gasteiger partial charge in [0, 0.05) is 23.1 Å². The van der Waals surface area contributed by atoms with Crippen LogP contribution in [-0.2, 0) is 14.3 Å². The SMILES string of the molecule is CC(=O)Nc1ccc(C(=O)COC(=O)CSc2cc(C)ccc2C)cc1. The van der Waals surface area contributed by atoms with E-state index >= 15 is 0 Å². The standard InChI is InChI=1S/C20H21NO4S/c1-13-4-5-14(2)19(10-13)26-12-20(24)25-11-18(23)16-6-8-17(9-7-16)21-15(3)22/h4-10H,11-12H2,1-3H3,(H,21,22). The van der Waals surface area contributed by atoms with Crippen LogP contribution >= 0.6 is 11.8 Å². The Hall–Kier alpha value is -2.60. The summed E-state index contributed by atoms with van der Waals surface area (Å²) in [6.07, 6.45) is 0. The molecule has 0 atom stereocenters. The molecule has 0 saturated heterocycles. The van der Waals surface area contributed by atoms with Gasteiger partial charge in [0.05, 0.1) is 5.75 Å². The third kappa shape index (κ3) is 6.04. The van der Waals surface area contributed by atoms with Crippen LogP contribution in [0.3, 0.4) is 0 Å². The van der Waals surface area contributed by atoms with Crippen LogP contribution in [0.4, 0.5) is 5.69 Å². The second-order valence-electron chi connectivity index (χ2n) is 5.90. The highest BCUT2D eigenvalue weighted by Gasteiger charge is 2.11. The number of rotatable bonds is 7. The molecule has 0 aliphatic carbocycles. The molecule has 0 aliphatic rings. The Balaban J connectivity index is 1.82. The highest BCUT2D eigenvalue weighted by Crippen LogP contribution is 2.23. The van der Waals surface area contributed by atoms with E-state index in [9.17, 15) is 14.4 Å². The van der Waals surface area contributed by atoms with Crippen molar-refractivity contribution in [3.05, 3.63) is 59.2 Å². The quantitative estimate of drug-likeness (QED) is 0.456. The molecule has 1 N–H and O–H groups in total. The minimum Gasteiger partial charge on any atom is -0.457 e. The van der Waals surface area contributed by atoms with Gasteiger partial charge in [-0.3, -0.25) is 14.4 Å². The van der Waals surface area contributed by atoms with Gasteiger partial charge in [-0.2, -0.15) is 0 Å². The Kier molecular flexibility index (Phi) is 6.97. The molecule has 0 heterocycles. The molecule has 2 aromatic carbocycles. The smallest absolute Gasteiger partial charge is 0.316 e. The van der Waals surface area contributed by atoms with E-state index in [1.807, 2.05) is 32.0 Å². The summed E-state index contributed by atoms with van der Waals surface area (Å²) >= 11 is 1.40. The molecule has 0 aliphatic heterocycles. The average molecular weight is 371 g/mol. The monoisotopic (exact) mass is 371 g/mol. The van der Waals surface area contributed by atoms with Crippen LogP contribution in [0, 0.1) is 13.8 Å². The van der Waals surface area contributed by atoms with Gasteiger partial charge in [0.1, 0.15) is 0 Å². The minimum atomic E-state index is -0.431. The summed E-state index contributed by atoms with van der Waals surface area (Å²) < 4.78 is 5.07. The number of nitrogens with one attached hydrogen (secondary N) is 1. The number of thioether (sulfide) groups is 1. The van der Waals surface area contributed by atoms with Crippen LogP contribution in [0.2, 0.25) is 0 Å². The molecular formula is C20H21NO4S. The molecule has 0 radical (unpaired) electrons. The number of carbonyl (C=O) groups is 3. The number of hydrogen-bond acceptors (Lipinski definition) is 5. The Morgan fingerprint density at radius 3 is 2.38 bits per heavy atom. The number of Topliss-reactive ketones (excluding diaryl/α,β-unsaturated/α-hetero) is 1. The van der Waals surface area contributed by atoms with Gasteiger partial charge in [0.25, 0.3) is 0 Å². The number of benzene rings is 2. The van der Waals surface area contributed by atoms with E-state index in [0.717, 1.165) is 16.0 Å². The second-order valence-corrected chi connectivity index (χ2v) is 6.92. The Bertz CT molecular complexity index is 815. The van der Waals surface area contributed by atoms with E-state index in [0.29, 0.717) is 11.3 Å². The maximum atomic E-state index is 12.1. The number of carbonyl (C=O) groups excluding carboxylic acids is 3. The van der Waals surface area contributed by atoms with Crippen LogP contribution in [0.1, 0.15) is 28.4 Å². The highest BCUT2D eigenvalue weighted by atomic mass is 32.2. The summed E-state index contributed by atoms with van der Waals surface area (Å²) in [6.45, 7) is 5.10. The van der Waals surface area contributed by atoms with Crippen molar-refractivity contribution < 1.29 is 19.1 Å². The lowest BCUT2D eigenvalue weighted by molar-refractivity contribution is -0.139. The number of ether oxygens (including phenoxy) is 1. The van der Waals surface area contributed by atoms with Crippen molar-refractivity contribution in [1.29, 1.82) is 0 Å². The van der Waals surface area contributed by atoms with Crippen LogP contribution in [0.5, 0.6) is 0 Å². The summed E-state index contributed by atoms with van der Waals surface area (Å²) in [6, 6.07) is 12.5. The van der Waals surface area contributed by atoms with Gasteiger partial charge >= 0.3 is 5.97 Å². The zero-order valence-corrected chi connectivity index (χ0v) is 15.8. The number of amides is 1. The third-order valence-electron chi connectivity index (χ3n) is 3.58. The van der Waals surface area contributed by atoms with E-state index in [1.54, 1.807) is 24.3 Å². The minimum absolute atomic E-state index is 0.152. The molecule has 6 heteroatoms. The van der Waals surface area contributed by atoms with Gasteiger partial charge in [0.2, 0.25) is 5.91 Å². The fourth-order valence-corrected chi connectivity index (χ4v) is 3.13. The van der Waals surface area contributed by atoms with E-state index in [4.69, 9.17) is 4.74 Å². The van der Waals surface area contributed by atoms with E-state index in [1.165, 1.54) is 18.7 Å². The molecule has 0 unspecified atom stereocenters. The van der Waals surface area contributed by atoms with Crippen molar-refractivity contribution in [2.45, 2.75) is 25.7 Å². The number of hydrogen-bond donors (Lipinski definition) is 1. The first kappa shape index (κ1) is 19.7.